The summed E-state index contributed by atoms with van der Waals surface area (Å²) in [5.74, 6) is 0.373. The Kier molecular flexibility index (Phi) is 3.10. The van der Waals surface area contributed by atoms with Gasteiger partial charge in [0.25, 0.3) is 5.56 Å². The molecule has 2 aromatic heterocycles. The van der Waals surface area contributed by atoms with E-state index in [1.54, 1.807) is 29.2 Å². The number of aromatic nitrogens is 2. The van der Waals surface area contributed by atoms with Gasteiger partial charge in [-0.05, 0) is 43.2 Å². The summed E-state index contributed by atoms with van der Waals surface area (Å²) in [5.41, 5.74) is 1.58. The Balaban J connectivity index is 1.63. The summed E-state index contributed by atoms with van der Waals surface area (Å²) in [6, 6.07) is 3.40. The van der Waals surface area contributed by atoms with E-state index < -0.39 is 12.2 Å². The molecule has 2 bridgehead atoms. The van der Waals surface area contributed by atoms with Gasteiger partial charge in [0.05, 0.1) is 0 Å². The maximum atomic E-state index is 12.8. The summed E-state index contributed by atoms with van der Waals surface area (Å²) >= 11 is 1.48. The maximum absolute atomic E-state index is 12.8. The minimum Gasteiger partial charge on any atom is -0.436 e. The first-order valence-electron chi connectivity index (χ1n) is 8.01. The average molecular weight is 332 g/mol. The summed E-state index contributed by atoms with van der Waals surface area (Å²) in [5, 5.41) is 0. The number of nitrogens with zero attached hydrogens (tertiary/aromatic N) is 1. The molecule has 0 aliphatic heterocycles. The molecule has 2 aliphatic carbocycles. The van der Waals surface area contributed by atoms with Gasteiger partial charge in [0.2, 0.25) is 0 Å². The minimum absolute atomic E-state index is 0.0251. The first kappa shape index (κ1) is 14.8. The third kappa shape index (κ3) is 1.97. The van der Waals surface area contributed by atoms with Crippen LogP contribution in [0.4, 0.5) is 0 Å². The van der Waals surface area contributed by atoms with Crippen molar-refractivity contribution in [1.82, 2.24) is 8.94 Å². The molecule has 2 heterocycles. The number of esters is 1. The van der Waals surface area contributed by atoms with Crippen LogP contribution in [0.25, 0.3) is 0 Å². The lowest BCUT2D eigenvalue weighted by Crippen LogP contribution is -2.26. The Bertz CT molecular complexity index is 816. The third-order valence-corrected chi connectivity index (χ3v) is 6.88. The first-order chi connectivity index (χ1) is 10.9. The van der Waals surface area contributed by atoms with Crippen molar-refractivity contribution >= 4 is 17.5 Å². The topological polar surface area (TPSA) is 64.1 Å². The van der Waals surface area contributed by atoms with E-state index >= 15 is 0 Å². The van der Waals surface area contributed by atoms with Gasteiger partial charge >= 0.3 is 5.97 Å². The SMILES string of the molecule is CC(OC(=O)c1ccc[nH]1)n1sc2c(c1=O)C1CCC2C1(C)C. The van der Waals surface area contributed by atoms with Crippen LogP contribution in [0.1, 0.15) is 72.6 Å². The van der Waals surface area contributed by atoms with E-state index in [0.29, 0.717) is 17.5 Å². The molecule has 1 N–H and O–H groups in total. The fourth-order valence-electron chi connectivity index (χ4n) is 4.26. The zero-order chi connectivity index (χ0) is 16.4. The van der Waals surface area contributed by atoms with Gasteiger partial charge in [-0.2, -0.15) is 0 Å². The number of aromatic amines is 1. The second kappa shape index (κ2) is 4.84. The van der Waals surface area contributed by atoms with E-state index in [0.717, 1.165) is 18.4 Å². The molecular weight excluding hydrogens is 312 g/mol. The van der Waals surface area contributed by atoms with Crippen molar-refractivity contribution in [3.05, 3.63) is 44.8 Å². The quantitative estimate of drug-likeness (QED) is 0.873. The molecular formula is C17H20N2O3S. The zero-order valence-electron chi connectivity index (χ0n) is 13.5. The second-order valence-corrected chi connectivity index (χ2v) is 8.11. The molecule has 3 atom stereocenters. The Morgan fingerprint density at radius 2 is 2.17 bits per heavy atom. The van der Waals surface area contributed by atoms with Crippen molar-refractivity contribution in [1.29, 1.82) is 0 Å². The lowest BCUT2D eigenvalue weighted by molar-refractivity contribution is 0.0174. The first-order valence-corrected chi connectivity index (χ1v) is 8.78. The van der Waals surface area contributed by atoms with Gasteiger partial charge < -0.3 is 9.72 Å². The van der Waals surface area contributed by atoms with Gasteiger partial charge in [0, 0.05) is 22.6 Å². The fourth-order valence-corrected chi connectivity index (χ4v) is 5.72. The molecule has 2 aliphatic rings. The number of carbonyl (C=O) groups is 1. The predicted molar refractivity (Wildman–Crippen MR) is 88.0 cm³/mol. The summed E-state index contributed by atoms with van der Waals surface area (Å²) in [6.45, 7) is 6.28. The van der Waals surface area contributed by atoms with Gasteiger partial charge in [-0.25, -0.2) is 8.75 Å². The highest BCUT2D eigenvalue weighted by Gasteiger charge is 2.54. The lowest BCUT2D eigenvalue weighted by atomic mass is 9.80. The average Bonchev–Trinajstić information content (AvgIpc) is 3.23. The number of ether oxygens (including phenoxy) is 1. The minimum atomic E-state index is -0.587. The van der Waals surface area contributed by atoms with Gasteiger partial charge in [-0.1, -0.05) is 25.4 Å². The van der Waals surface area contributed by atoms with Crippen LogP contribution in [0.2, 0.25) is 0 Å². The zero-order valence-corrected chi connectivity index (χ0v) is 14.3. The van der Waals surface area contributed by atoms with Gasteiger partial charge in [0.15, 0.2) is 6.23 Å². The normalized spacial score (nSPS) is 25.3. The molecule has 0 saturated heterocycles. The summed E-state index contributed by atoms with van der Waals surface area (Å²) < 4.78 is 7.06. The van der Waals surface area contributed by atoms with Crippen molar-refractivity contribution in [2.45, 2.75) is 51.7 Å². The smallest absolute Gasteiger partial charge is 0.356 e. The Morgan fingerprint density at radius 1 is 1.43 bits per heavy atom. The number of nitrogens with one attached hydrogen (secondary N) is 1. The van der Waals surface area contributed by atoms with E-state index in [-0.39, 0.29) is 11.0 Å². The highest BCUT2D eigenvalue weighted by atomic mass is 32.1. The molecule has 0 amide bonds. The summed E-state index contributed by atoms with van der Waals surface area (Å²) in [4.78, 5) is 28.9. The Labute approximate surface area is 138 Å². The number of hydrogen-bond acceptors (Lipinski definition) is 4. The fraction of sp³-hybridized carbons (Fsp3) is 0.529. The van der Waals surface area contributed by atoms with Crippen molar-refractivity contribution in [2.24, 2.45) is 5.41 Å². The lowest BCUT2D eigenvalue weighted by Gasteiger charge is -2.24. The number of fused-ring (bicyclic) bond motifs is 5. The van der Waals surface area contributed by atoms with Crippen LogP contribution in [0.15, 0.2) is 23.1 Å². The van der Waals surface area contributed by atoms with Crippen LogP contribution in [0, 0.1) is 5.41 Å². The molecule has 0 aromatic carbocycles. The van der Waals surface area contributed by atoms with Crippen molar-refractivity contribution in [3.63, 3.8) is 0 Å². The standard InChI is InChI=1S/C17H20N2O3S/c1-9(22-16(21)12-5-4-8-18-12)19-15(20)13-10-6-7-11(14(13)23-19)17(10,2)3/h4-5,8-11,18H,6-7H2,1-3H3. The van der Waals surface area contributed by atoms with E-state index in [9.17, 15) is 9.59 Å². The number of rotatable bonds is 3. The second-order valence-electron chi connectivity index (χ2n) is 7.09. The van der Waals surface area contributed by atoms with Crippen molar-refractivity contribution in [3.8, 4) is 0 Å². The Hall–Kier alpha value is -1.82. The molecule has 6 heteroatoms. The van der Waals surface area contributed by atoms with E-state index in [2.05, 4.69) is 18.8 Å². The van der Waals surface area contributed by atoms with E-state index in [1.165, 1.54) is 16.4 Å². The van der Waals surface area contributed by atoms with Gasteiger partial charge in [-0.15, -0.1) is 0 Å². The molecule has 0 spiro atoms. The molecule has 4 rings (SSSR count). The summed E-state index contributed by atoms with van der Waals surface area (Å²) in [6.07, 6.45) is 3.33. The van der Waals surface area contributed by atoms with Crippen molar-refractivity contribution < 1.29 is 9.53 Å². The molecule has 1 fully saturated rings. The largest absolute Gasteiger partial charge is 0.436 e. The molecule has 122 valence electrons. The van der Waals surface area contributed by atoms with Crippen LogP contribution < -0.4 is 5.56 Å². The third-order valence-electron chi connectivity index (χ3n) is 5.52. The maximum Gasteiger partial charge on any atom is 0.356 e. The highest BCUT2D eigenvalue weighted by molar-refractivity contribution is 7.06. The van der Waals surface area contributed by atoms with Crippen molar-refractivity contribution in [2.75, 3.05) is 0 Å². The van der Waals surface area contributed by atoms with Crippen LogP contribution in [0.3, 0.4) is 0 Å². The van der Waals surface area contributed by atoms with Crippen LogP contribution in [0.5, 0.6) is 0 Å². The number of carbonyl (C=O) groups excluding carboxylic acids is 1. The van der Waals surface area contributed by atoms with Crippen LogP contribution >= 0.6 is 11.5 Å². The van der Waals surface area contributed by atoms with Gasteiger partial charge in [0.1, 0.15) is 5.69 Å². The predicted octanol–water partition coefficient (Wildman–Crippen LogP) is 3.61. The van der Waals surface area contributed by atoms with Crippen LogP contribution in [-0.2, 0) is 4.74 Å². The summed E-state index contributed by atoms with van der Waals surface area (Å²) in [7, 11) is 0. The number of hydrogen-bond donors (Lipinski definition) is 1. The molecule has 3 unspecified atom stereocenters. The molecule has 1 saturated carbocycles. The molecule has 5 nitrogen and oxygen atoms in total. The van der Waals surface area contributed by atoms with Gasteiger partial charge in [-0.3, -0.25) is 4.79 Å². The highest BCUT2D eigenvalue weighted by Crippen LogP contribution is 2.64. The molecule has 0 radical (unpaired) electrons. The van der Waals surface area contributed by atoms with Crippen LogP contribution in [-0.4, -0.2) is 14.9 Å². The van der Waals surface area contributed by atoms with E-state index in [4.69, 9.17) is 4.74 Å². The number of H-pyrrole nitrogens is 1. The molecule has 2 aromatic rings. The monoisotopic (exact) mass is 332 g/mol. The Morgan fingerprint density at radius 3 is 2.83 bits per heavy atom. The molecule has 23 heavy (non-hydrogen) atoms. The van der Waals surface area contributed by atoms with E-state index in [1.807, 2.05) is 0 Å².